The number of hydrogen-bond acceptors (Lipinski definition) is 2. The first-order valence-corrected chi connectivity index (χ1v) is 12.9. The molecule has 0 aliphatic heterocycles. The lowest BCUT2D eigenvalue weighted by atomic mass is 10.0. The van der Waals surface area contributed by atoms with Gasteiger partial charge in [-0.05, 0) is 66.6 Å². The van der Waals surface area contributed by atoms with Crippen molar-refractivity contribution >= 4 is 51.1 Å². The van der Waals surface area contributed by atoms with Crippen molar-refractivity contribution in [3.05, 3.63) is 120 Å². The van der Waals surface area contributed by atoms with Gasteiger partial charge in [-0.2, -0.15) is 0 Å². The van der Waals surface area contributed by atoms with E-state index in [1.54, 1.807) is 6.26 Å². The van der Waals surface area contributed by atoms with Gasteiger partial charge >= 0.3 is 0 Å². The minimum atomic E-state index is -1.03. The molecule has 1 atom stereocenters. The maximum atomic E-state index is 11.9. The highest BCUT2D eigenvalue weighted by Gasteiger charge is 2.17. The molecule has 1 aromatic heterocycles. The molecule has 34 heavy (non-hydrogen) atoms. The van der Waals surface area contributed by atoms with Crippen molar-refractivity contribution < 1.29 is 4.21 Å². The summed E-state index contributed by atoms with van der Waals surface area (Å²) < 4.78 is 13.9. The van der Waals surface area contributed by atoms with Crippen molar-refractivity contribution in [2.75, 3.05) is 11.2 Å². The minimum absolute atomic E-state index is 0.538. The number of hydrogen-bond donors (Lipinski definition) is 0. The monoisotopic (exact) mass is 506 g/mol. The van der Waals surface area contributed by atoms with E-state index in [1.807, 2.05) is 114 Å². The third-order valence-corrected chi connectivity index (χ3v) is 7.06. The maximum absolute atomic E-state index is 11.9. The average Bonchev–Trinajstić information content (AvgIpc) is 3.38. The van der Waals surface area contributed by atoms with Crippen LogP contribution >= 0.6 is 23.2 Å². The quantitative estimate of drug-likeness (QED) is 0.252. The largest absolute Gasteiger partial charge is 0.326 e. The molecule has 1 unspecified atom stereocenters. The summed E-state index contributed by atoms with van der Waals surface area (Å²) in [6.45, 7) is 6.37. The molecule has 0 fully saturated rings. The summed E-state index contributed by atoms with van der Waals surface area (Å²) in [5.74, 6) is 0. The zero-order chi connectivity index (χ0) is 24.2. The molecular formula is C28H24Cl2N2OS. The Morgan fingerprint density at radius 3 is 2.15 bits per heavy atom. The first-order valence-electron chi connectivity index (χ1n) is 10.6. The van der Waals surface area contributed by atoms with Gasteiger partial charge < -0.3 is 9.47 Å². The van der Waals surface area contributed by atoms with Crippen molar-refractivity contribution in [3.8, 4) is 11.1 Å². The van der Waals surface area contributed by atoms with Gasteiger partial charge in [0.25, 0.3) is 0 Å². The van der Waals surface area contributed by atoms with Gasteiger partial charge in [-0.1, -0.05) is 60.1 Å². The molecule has 0 aliphatic carbocycles. The Morgan fingerprint density at radius 1 is 0.912 bits per heavy atom. The van der Waals surface area contributed by atoms with E-state index in [2.05, 4.69) is 6.58 Å². The first-order chi connectivity index (χ1) is 16.3. The molecule has 6 heteroatoms. The lowest BCUT2D eigenvalue weighted by molar-refractivity contribution is 0.687. The second-order valence-corrected chi connectivity index (χ2v) is 10.00. The van der Waals surface area contributed by atoms with Gasteiger partial charge in [0.05, 0.1) is 10.0 Å². The molecule has 0 radical (unpaired) electrons. The van der Waals surface area contributed by atoms with E-state index in [0.29, 0.717) is 21.3 Å². The molecular weight excluding hydrogens is 483 g/mol. The Bertz CT molecular complexity index is 1360. The highest BCUT2D eigenvalue weighted by molar-refractivity contribution is 7.84. The van der Waals surface area contributed by atoms with E-state index in [0.717, 1.165) is 27.4 Å². The second kappa shape index (κ2) is 10.5. The van der Waals surface area contributed by atoms with Gasteiger partial charge in [-0.25, -0.2) is 0 Å². The van der Waals surface area contributed by atoms with E-state index < -0.39 is 10.8 Å². The topological polar surface area (TPSA) is 25.2 Å². The number of benzene rings is 3. The van der Waals surface area contributed by atoms with Crippen LogP contribution in [0.2, 0.25) is 10.0 Å². The zero-order valence-corrected chi connectivity index (χ0v) is 21.2. The molecule has 0 aliphatic rings. The van der Waals surface area contributed by atoms with Crippen LogP contribution in [0.5, 0.6) is 0 Å². The van der Waals surface area contributed by atoms with Gasteiger partial charge in [0.1, 0.15) is 0 Å². The van der Waals surface area contributed by atoms with E-state index in [-0.39, 0.29) is 0 Å². The molecule has 1 heterocycles. The number of nitrogens with zero attached hydrogens (tertiary/aromatic N) is 2. The van der Waals surface area contributed by atoms with Gasteiger partial charge in [0, 0.05) is 63.2 Å². The van der Waals surface area contributed by atoms with Crippen molar-refractivity contribution in [2.45, 2.75) is 11.8 Å². The third-order valence-electron chi connectivity index (χ3n) is 5.51. The second-order valence-electron chi connectivity index (χ2n) is 7.80. The molecule has 3 aromatic carbocycles. The van der Waals surface area contributed by atoms with Gasteiger partial charge in [0.15, 0.2) is 0 Å². The number of aromatic nitrogens is 1. The number of rotatable bonds is 7. The smallest absolute Gasteiger partial charge is 0.0514 e. The fourth-order valence-electron chi connectivity index (χ4n) is 3.69. The highest BCUT2D eigenvalue weighted by Crippen LogP contribution is 2.36. The lowest BCUT2D eigenvalue weighted by Gasteiger charge is -2.26. The van der Waals surface area contributed by atoms with Crippen LogP contribution in [0.15, 0.2) is 109 Å². The molecule has 0 N–H and O–H groups in total. The molecule has 0 amide bonds. The van der Waals surface area contributed by atoms with Crippen molar-refractivity contribution in [1.29, 1.82) is 0 Å². The first kappa shape index (κ1) is 24.1. The average molecular weight is 507 g/mol. The van der Waals surface area contributed by atoms with Crippen LogP contribution < -0.4 is 4.90 Å². The van der Waals surface area contributed by atoms with Gasteiger partial charge in [-0.15, -0.1) is 0 Å². The highest BCUT2D eigenvalue weighted by atomic mass is 35.5. The van der Waals surface area contributed by atoms with Crippen LogP contribution in [0, 0.1) is 0 Å². The standard InChI is InChI=1S/C28H24Cl2N2OS/c1-20(31-16-4-5-17-31)19-32(21(2)28-26(29)10-7-11-27(28)30)24-14-12-22(13-15-24)23-8-6-9-25(18-23)34(3)33/h4-19H,2H2,1,3H3/b20-19+. The lowest BCUT2D eigenvalue weighted by Crippen LogP contribution is -2.15. The number of anilines is 1. The summed E-state index contributed by atoms with van der Waals surface area (Å²) in [5.41, 5.74) is 5.30. The number of allylic oxidation sites excluding steroid dienone is 1. The fourth-order valence-corrected chi connectivity index (χ4v) is 4.87. The Morgan fingerprint density at radius 2 is 1.53 bits per heavy atom. The fraction of sp³-hybridized carbons (Fsp3) is 0.0714. The van der Waals surface area contributed by atoms with E-state index in [1.165, 1.54) is 0 Å². The van der Waals surface area contributed by atoms with Crippen LogP contribution in [0.25, 0.3) is 22.5 Å². The van der Waals surface area contributed by atoms with Crippen LogP contribution in [0.3, 0.4) is 0 Å². The Balaban J connectivity index is 1.76. The molecule has 0 bridgehead atoms. The molecule has 4 rings (SSSR count). The minimum Gasteiger partial charge on any atom is -0.326 e. The van der Waals surface area contributed by atoms with Crippen molar-refractivity contribution in [3.63, 3.8) is 0 Å². The van der Waals surface area contributed by atoms with Crippen molar-refractivity contribution in [1.82, 2.24) is 4.57 Å². The third kappa shape index (κ3) is 5.20. The predicted octanol–water partition coefficient (Wildman–Crippen LogP) is 8.20. The van der Waals surface area contributed by atoms with Crippen molar-refractivity contribution in [2.24, 2.45) is 0 Å². The summed E-state index contributed by atoms with van der Waals surface area (Å²) in [6.07, 6.45) is 7.68. The van der Waals surface area contributed by atoms with Gasteiger partial charge in [0.2, 0.25) is 0 Å². The van der Waals surface area contributed by atoms with E-state index >= 15 is 0 Å². The summed E-state index contributed by atoms with van der Waals surface area (Å²) in [7, 11) is -1.03. The Kier molecular flexibility index (Phi) is 7.42. The molecule has 3 nitrogen and oxygen atoms in total. The maximum Gasteiger partial charge on any atom is 0.0514 e. The predicted molar refractivity (Wildman–Crippen MR) is 147 cm³/mol. The summed E-state index contributed by atoms with van der Waals surface area (Å²) in [5, 5.41) is 1.08. The molecule has 0 saturated heterocycles. The molecule has 4 aromatic rings. The Labute approximate surface area is 213 Å². The Hall–Kier alpha value is -3.05. The normalized spacial score (nSPS) is 12.4. The van der Waals surface area contributed by atoms with E-state index in [9.17, 15) is 4.21 Å². The van der Waals surface area contributed by atoms with Crippen LogP contribution in [-0.4, -0.2) is 15.0 Å². The summed E-state index contributed by atoms with van der Waals surface area (Å²) in [6, 6.07) is 25.3. The zero-order valence-electron chi connectivity index (χ0n) is 18.9. The van der Waals surface area contributed by atoms with E-state index in [4.69, 9.17) is 23.2 Å². The van der Waals surface area contributed by atoms with Gasteiger partial charge in [-0.3, -0.25) is 4.21 Å². The summed E-state index contributed by atoms with van der Waals surface area (Å²) in [4.78, 5) is 2.79. The van der Waals surface area contributed by atoms with Crippen LogP contribution in [-0.2, 0) is 10.8 Å². The molecule has 0 saturated carbocycles. The van der Waals surface area contributed by atoms with Crippen LogP contribution in [0.4, 0.5) is 5.69 Å². The van der Waals surface area contributed by atoms with Crippen LogP contribution in [0.1, 0.15) is 12.5 Å². The SMILES string of the molecule is C=C(c1c(Cl)cccc1Cl)N(/C=C(\C)n1cccc1)c1ccc(-c2cccc(S(C)=O)c2)cc1. The molecule has 0 spiro atoms. The number of halogens is 2. The summed E-state index contributed by atoms with van der Waals surface area (Å²) >= 11 is 13.0. The molecule has 172 valence electrons.